The Morgan fingerprint density at radius 1 is 1.31 bits per heavy atom. The van der Waals surface area contributed by atoms with Gasteiger partial charge in [0.05, 0.1) is 17.6 Å². The molecule has 3 rings (SSSR count). The standard InChI is InChI=1S/C17H16BrFN2O4S/c1-26(23,24)21-9-8-16(25-15-5-3-2-4-14(15)21)17(22)20-13-7-6-11(18)10-12(13)19/h2-7,10,16H,8-9H2,1H3,(H,20,22). The van der Waals surface area contributed by atoms with Gasteiger partial charge in [-0.1, -0.05) is 28.1 Å². The highest BCUT2D eigenvalue weighted by molar-refractivity contribution is 9.10. The Kier molecular flexibility index (Phi) is 5.19. The number of benzene rings is 2. The first-order valence-electron chi connectivity index (χ1n) is 7.75. The summed E-state index contributed by atoms with van der Waals surface area (Å²) in [6.45, 7) is 0.0801. The lowest BCUT2D eigenvalue weighted by molar-refractivity contribution is -0.122. The summed E-state index contributed by atoms with van der Waals surface area (Å²) in [5, 5.41) is 2.49. The van der Waals surface area contributed by atoms with Crippen molar-refractivity contribution < 1.29 is 22.3 Å². The molecule has 2 aromatic carbocycles. The highest BCUT2D eigenvalue weighted by Gasteiger charge is 2.31. The molecule has 0 radical (unpaired) electrons. The number of ether oxygens (including phenoxy) is 1. The van der Waals surface area contributed by atoms with Crippen LogP contribution in [0.3, 0.4) is 0 Å². The summed E-state index contributed by atoms with van der Waals surface area (Å²) in [6, 6.07) is 10.9. The zero-order valence-electron chi connectivity index (χ0n) is 13.8. The molecule has 0 bridgehead atoms. The van der Waals surface area contributed by atoms with Gasteiger partial charge in [-0.3, -0.25) is 9.10 Å². The van der Waals surface area contributed by atoms with Crippen molar-refractivity contribution in [2.75, 3.05) is 22.4 Å². The van der Waals surface area contributed by atoms with E-state index in [9.17, 15) is 17.6 Å². The van der Waals surface area contributed by atoms with E-state index in [2.05, 4.69) is 21.2 Å². The predicted molar refractivity (Wildman–Crippen MR) is 100 cm³/mol. The molecule has 0 spiro atoms. The smallest absolute Gasteiger partial charge is 0.265 e. The van der Waals surface area contributed by atoms with Crippen molar-refractivity contribution in [3.05, 3.63) is 52.8 Å². The van der Waals surface area contributed by atoms with Crippen molar-refractivity contribution in [1.29, 1.82) is 0 Å². The van der Waals surface area contributed by atoms with Gasteiger partial charge in [0.1, 0.15) is 11.6 Å². The highest BCUT2D eigenvalue weighted by atomic mass is 79.9. The number of carbonyl (C=O) groups is 1. The number of hydrogen-bond acceptors (Lipinski definition) is 4. The van der Waals surface area contributed by atoms with Crippen LogP contribution in [0.1, 0.15) is 6.42 Å². The van der Waals surface area contributed by atoms with Gasteiger partial charge in [0, 0.05) is 17.4 Å². The Morgan fingerprint density at radius 3 is 2.73 bits per heavy atom. The molecule has 1 aliphatic heterocycles. The van der Waals surface area contributed by atoms with Crippen molar-refractivity contribution in [3.63, 3.8) is 0 Å². The fraction of sp³-hybridized carbons (Fsp3) is 0.235. The van der Waals surface area contributed by atoms with E-state index in [4.69, 9.17) is 4.74 Å². The third kappa shape index (κ3) is 3.99. The van der Waals surface area contributed by atoms with Gasteiger partial charge >= 0.3 is 0 Å². The lowest BCUT2D eigenvalue weighted by Gasteiger charge is -2.20. The van der Waals surface area contributed by atoms with Crippen LogP contribution < -0.4 is 14.4 Å². The van der Waals surface area contributed by atoms with Crippen LogP contribution >= 0.6 is 15.9 Å². The lowest BCUT2D eigenvalue weighted by Crippen LogP contribution is -2.36. The van der Waals surface area contributed by atoms with Gasteiger partial charge in [-0.05, 0) is 30.3 Å². The molecule has 1 unspecified atom stereocenters. The minimum absolute atomic E-state index is 0.0271. The largest absolute Gasteiger partial charge is 0.478 e. The molecule has 1 N–H and O–H groups in total. The molecular formula is C17H16BrFN2O4S. The van der Waals surface area contributed by atoms with Crippen LogP contribution in [0.5, 0.6) is 5.75 Å². The zero-order valence-corrected chi connectivity index (χ0v) is 16.2. The van der Waals surface area contributed by atoms with E-state index in [1.807, 2.05) is 0 Å². The number of sulfonamides is 1. The van der Waals surface area contributed by atoms with Crippen LogP contribution in [0, 0.1) is 5.82 Å². The van der Waals surface area contributed by atoms with Gasteiger partial charge in [0.15, 0.2) is 6.10 Å². The molecule has 138 valence electrons. The Bertz CT molecular complexity index is 952. The number of nitrogens with one attached hydrogen (secondary N) is 1. The van der Waals surface area contributed by atoms with E-state index < -0.39 is 27.9 Å². The normalized spacial score (nSPS) is 17.0. The summed E-state index contributed by atoms with van der Waals surface area (Å²) < 4.78 is 45.6. The number of nitrogens with zero attached hydrogens (tertiary/aromatic N) is 1. The average Bonchev–Trinajstić information content (AvgIpc) is 2.76. The van der Waals surface area contributed by atoms with Crippen LogP contribution in [0.4, 0.5) is 15.8 Å². The number of para-hydroxylation sites is 2. The third-order valence-electron chi connectivity index (χ3n) is 3.88. The van der Waals surface area contributed by atoms with Gasteiger partial charge in [0.25, 0.3) is 5.91 Å². The number of anilines is 2. The lowest BCUT2D eigenvalue weighted by atomic mass is 10.2. The fourth-order valence-corrected chi connectivity index (χ4v) is 3.94. The van der Waals surface area contributed by atoms with E-state index in [0.29, 0.717) is 10.2 Å². The SMILES string of the molecule is CS(=O)(=O)N1CCC(C(=O)Nc2ccc(Br)cc2F)Oc2ccccc21. The number of hydrogen-bond donors (Lipinski definition) is 1. The quantitative estimate of drug-likeness (QED) is 0.791. The van der Waals surface area contributed by atoms with Crippen molar-refractivity contribution in [2.45, 2.75) is 12.5 Å². The molecule has 6 nitrogen and oxygen atoms in total. The second kappa shape index (κ2) is 7.24. The summed E-state index contributed by atoms with van der Waals surface area (Å²) in [5.74, 6) is -0.845. The molecule has 0 aliphatic carbocycles. The van der Waals surface area contributed by atoms with E-state index in [0.717, 1.165) is 6.26 Å². The second-order valence-electron chi connectivity index (χ2n) is 5.81. The molecule has 0 saturated heterocycles. The van der Waals surface area contributed by atoms with E-state index in [1.54, 1.807) is 30.3 Å². The van der Waals surface area contributed by atoms with Crippen molar-refractivity contribution in [2.24, 2.45) is 0 Å². The topological polar surface area (TPSA) is 75.7 Å². The van der Waals surface area contributed by atoms with Crippen LogP contribution in [0.15, 0.2) is 46.9 Å². The molecule has 9 heteroatoms. The summed E-state index contributed by atoms with van der Waals surface area (Å²) in [5.41, 5.74) is 0.402. The Hall–Kier alpha value is -2.13. The predicted octanol–water partition coefficient (Wildman–Crippen LogP) is 3.14. The number of fused-ring (bicyclic) bond motifs is 1. The first-order chi connectivity index (χ1) is 12.3. The summed E-state index contributed by atoms with van der Waals surface area (Å²) in [4.78, 5) is 12.5. The Morgan fingerprint density at radius 2 is 2.04 bits per heavy atom. The minimum Gasteiger partial charge on any atom is -0.478 e. The molecule has 1 aliphatic rings. The van der Waals surface area contributed by atoms with E-state index >= 15 is 0 Å². The second-order valence-corrected chi connectivity index (χ2v) is 8.63. The first-order valence-corrected chi connectivity index (χ1v) is 10.4. The Labute approximate surface area is 159 Å². The maximum Gasteiger partial charge on any atom is 0.265 e. The maximum absolute atomic E-state index is 13.9. The van der Waals surface area contributed by atoms with Crippen LogP contribution in [0.25, 0.3) is 0 Å². The van der Waals surface area contributed by atoms with Crippen LogP contribution in [-0.2, 0) is 14.8 Å². The van der Waals surface area contributed by atoms with E-state index in [1.165, 1.54) is 16.4 Å². The molecule has 0 aromatic heterocycles. The molecule has 1 amide bonds. The molecular weight excluding hydrogens is 427 g/mol. The fourth-order valence-electron chi connectivity index (χ4n) is 2.66. The zero-order chi connectivity index (χ0) is 18.9. The highest BCUT2D eigenvalue weighted by Crippen LogP contribution is 2.34. The summed E-state index contributed by atoms with van der Waals surface area (Å²) in [6.07, 6.45) is 0.276. The maximum atomic E-state index is 13.9. The van der Waals surface area contributed by atoms with Gasteiger partial charge in [-0.25, -0.2) is 12.8 Å². The number of amides is 1. The monoisotopic (exact) mass is 442 g/mol. The third-order valence-corrected chi connectivity index (χ3v) is 5.55. The van der Waals surface area contributed by atoms with Crippen LogP contribution in [0.2, 0.25) is 0 Å². The number of carbonyl (C=O) groups excluding carboxylic acids is 1. The number of rotatable bonds is 3. The van der Waals surface area contributed by atoms with Gasteiger partial charge in [0.2, 0.25) is 10.0 Å². The van der Waals surface area contributed by atoms with Gasteiger partial charge in [-0.2, -0.15) is 0 Å². The molecule has 26 heavy (non-hydrogen) atoms. The van der Waals surface area contributed by atoms with Gasteiger partial charge in [-0.15, -0.1) is 0 Å². The molecule has 0 saturated carbocycles. The van der Waals surface area contributed by atoms with Crippen molar-refractivity contribution in [1.82, 2.24) is 0 Å². The van der Waals surface area contributed by atoms with Crippen LogP contribution in [-0.4, -0.2) is 33.2 Å². The average molecular weight is 443 g/mol. The van der Waals surface area contributed by atoms with Crippen molar-refractivity contribution >= 4 is 43.2 Å². The Balaban J connectivity index is 1.85. The molecule has 1 atom stereocenters. The number of halogens is 2. The van der Waals surface area contributed by atoms with Gasteiger partial charge < -0.3 is 10.1 Å². The minimum atomic E-state index is -3.53. The molecule has 2 aromatic rings. The van der Waals surface area contributed by atoms with E-state index in [-0.39, 0.29) is 24.4 Å². The molecule has 1 heterocycles. The summed E-state index contributed by atoms with van der Waals surface area (Å²) in [7, 11) is -3.53. The van der Waals surface area contributed by atoms with Crippen molar-refractivity contribution in [3.8, 4) is 5.75 Å². The molecule has 0 fully saturated rings. The summed E-state index contributed by atoms with van der Waals surface area (Å²) >= 11 is 3.15. The first kappa shape index (κ1) is 18.7.